The van der Waals surface area contributed by atoms with E-state index in [1.807, 2.05) is 54.6 Å². The molecule has 0 aliphatic carbocycles. The van der Waals surface area contributed by atoms with Crippen LogP contribution in [0.3, 0.4) is 0 Å². The predicted octanol–water partition coefficient (Wildman–Crippen LogP) is 4.30. The Morgan fingerprint density at radius 2 is 1.82 bits per heavy atom. The molecule has 0 radical (unpaired) electrons. The first kappa shape index (κ1) is 25.1. The van der Waals surface area contributed by atoms with Crippen LogP contribution in [0, 0.1) is 0 Å². The molecular formula is C30H29N3O5. The number of carbonyl (C=O) groups excluding carboxylic acids is 3. The number of hydrogen-bond acceptors (Lipinski definition) is 6. The maximum absolute atomic E-state index is 12.9. The van der Waals surface area contributed by atoms with Gasteiger partial charge in [-0.2, -0.15) is 0 Å². The predicted molar refractivity (Wildman–Crippen MR) is 146 cm³/mol. The SMILES string of the molecule is COC(=O)c1ccc(/C=C(/Nc2ccc3c(c2)CCN3C(=O)CN2CCCC2=O)c2ccccc2)c(O)c1. The number of rotatable bonds is 7. The highest BCUT2D eigenvalue weighted by Gasteiger charge is 2.29. The van der Waals surface area contributed by atoms with Crippen molar-refractivity contribution < 1.29 is 24.2 Å². The number of carbonyl (C=O) groups is 3. The fourth-order valence-corrected chi connectivity index (χ4v) is 4.89. The Labute approximate surface area is 221 Å². The zero-order valence-corrected chi connectivity index (χ0v) is 21.1. The molecule has 0 saturated carbocycles. The summed E-state index contributed by atoms with van der Waals surface area (Å²) >= 11 is 0. The second-order valence-corrected chi connectivity index (χ2v) is 9.37. The fourth-order valence-electron chi connectivity index (χ4n) is 4.89. The van der Waals surface area contributed by atoms with Gasteiger partial charge < -0.3 is 25.0 Å². The van der Waals surface area contributed by atoms with Crippen molar-refractivity contribution in [2.75, 3.05) is 37.0 Å². The first-order chi connectivity index (χ1) is 18.4. The number of likely N-dealkylation sites (tertiary alicyclic amines) is 1. The number of fused-ring (bicyclic) bond motifs is 1. The summed E-state index contributed by atoms with van der Waals surface area (Å²) in [7, 11) is 1.30. The van der Waals surface area contributed by atoms with E-state index in [4.69, 9.17) is 4.74 Å². The standard InChI is InChI=1S/C30H29N3O5/c1-38-30(37)23-10-9-22(27(34)18-23)17-25(20-6-3-2-4-7-20)31-24-11-12-26-21(16-24)13-15-33(26)29(36)19-32-14-5-8-28(32)35/h2-4,6-7,9-12,16-18,31,34H,5,8,13-15,19H2,1H3/b25-17+. The van der Waals surface area contributed by atoms with Gasteiger partial charge in [-0.1, -0.05) is 36.4 Å². The van der Waals surface area contributed by atoms with Gasteiger partial charge in [-0.05, 0) is 60.4 Å². The number of esters is 1. The lowest BCUT2D eigenvalue weighted by molar-refractivity contribution is -0.132. The quantitative estimate of drug-likeness (QED) is 0.363. The number of amides is 2. The zero-order valence-electron chi connectivity index (χ0n) is 21.1. The lowest BCUT2D eigenvalue weighted by Crippen LogP contribution is -2.40. The maximum atomic E-state index is 12.9. The Balaban J connectivity index is 1.39. The molecule has 2 N–H and O–H groups in total. The van der Waals surface area contributed by atoms with Crippen LogP contribution >= 0.6 is 0 Å². The third-order valence-corrected chi connectivity index (χ3v) is 6.89. The normalized spacial score (nSPS) is 15.0. The second kappa shape index (κ2) is 10.8. The summed E-state index contributed by atoms with van der Waals surface area (Å²) in [5, 5.41) is 14.0. The van der Waals surface area contributed by atoms with Gasteiger partial charge >= 0.3 is 5.97 Å². The summed E-state index contributed by atoms with van der Waals surface area (Å²) in [6, 6.07) is 20.3. The molecule has 2 aliphatic heterocycles. The Hall–Kier alpha value is -4.59. The molecule has 1 fully saturated rings. The van der Waals surface area contributed by atoms with Gasteiger partial charge in [-0.25, -0.2) is 4.79 Å². The smallest absolute Gasteiger partial charge is 0.337 e. The minimum Gasteiger partial charge on any atom is -0.507 e. The van der Waals surface area contributed by atoms with E-state index in [1.165, 1.54) is 13.2 Å². The highest BCUT2D eigenvalue weighted by molar-refractivity contribution is 5.99. The Morgan fingerprint density at radius 1 is 1.00 bits per heavy atom. The molecule has 2 aliphatic rings. The number of hydrogen-bond donors (Lipinski definition) is 2. The molecule has 0 bridgehead atoms. The molecule has 0 atom stereocenters. The van der Waals surface area contributed by atoms with Crippen molar-refractivity contribution in [2.24, 2.45) is 0 Å². The van der Waals surface area contributed by atoms with E-state index < -0.39 is 5.97 Å². The van der Waals surface area contributed by atoms with Gasteiger partial charge in [0.15, 0.2) is 0 Å². The molecule has 3 aromatic rings. The van der Waals surface area contributed by atoms with Gasteiger partial charge in [-0.15, -0.1) is 0 Å². The molecule has 1 saturated heterocycles. The number of ether oxygens (including phenoxy) is 1. The minimum atomic E-state index is -0.519. The summed E-state index contributed by atoms with van der Waals surface area (Å²) in [6.07, 6.45) is 3.87. The van der Waals surface area contributed by atoms with E-state index >= 15 is 0 Å². The average molecular weight is 512 g/mol. The van der Waals surface area contributed by atoms with Crippen LogP contribution in [0.15, 0.2) is 66.7 Å². The van der Waals surface area contributed by atoms with E-state index in [0.717, 1.165) is 41.0 Å². The summed E-state index contributed by atoms with van der Waals surface area (Å²) in [6.45, 7) is 1.35. The summed E-state index contributed by atoms with van der Waals surface area (Å²) in [5.41, 5.74) is 5.24. The van der Waals surface area contributed by atoms with Gasteiger partial charge in [0.2, 0.25) is 11.8 Å². The number of anilines is 2. The Bertz CT molecular complexity index is 1420. The summed E-state index contributed by atoms with van der Waals surface area (Å²) < 4.78 is 4.74. The number of methoxy groups -OCH3 is 1. The average Bonchev–Trinajstić information content (AvgIpc) is 3.54. The molecule has 0 unspecified atom stereocenters. The van der Waals surface area contributed by atoms with Gasteiger partial charge in [0.25, 0.3) is 0 Å². The van der Waals surface area contributed by atoms with Crippen LogP contribution in [0.25, 0.3) is 11.8 Å². The summed E-state index contributed by atoms with van der Waals surface area (Å²) in [5.74, 6) is -0.573. The van der Waals surface area contributed by atoms with Crippen molar-refractivity contribution in [2.45, 2.75) is 19.3 Å². The molecule has 0 aromatic heterocycles. The van der Waals surface area contributed by atoms with Crippen molar-refractivity contribution in [3.63, 3.8) is 0 Å². The zero-order chi connectivity index (χ0) is 26.6. The van der Waals surface area contributed by atoms with Gasteiger partial charge in [-0.3, -0.25) is 9.59 Å². The Kier molecular flexibility index (Phi) is 7.13. The van der Waals surface area contributed by atoms with Crippen LogP contribution in [0.2, 0.25) is 0 Å². The lowest BCUT2D eigenvalue weighted by Gasteiger charge is -2.22. The van der Waals surface area contributed by atoms with Crippen LogP contribution in [-0.4, -0.2) is 54.5 Å². The molecule has 38 heavy (non-hydrogen) atoms. The van der Waals surface area contributed by atoms with Gasteiger partial charge in [0, 0.05) is 42.1 Å². The number of aromatic hydroxyl groups is 1. The van der Waals surface area contributed by atoms with Gasteiger partial charge in [0.1, 0.15) is 12.3 Å². The number of benzene rings is 3. The molecule has 2 heterocycles. The van der Waals surface area contributed by atoms with Crippen molar-refractivity contribution in [1.29, 1.82) is 0 Å². The van der Waals surface area contributed by atoms with Crippen LogP contribution in [-0.2, 0) is 20.7 Å². The Morgan fingerprint density at radius 3 is 2.53 bits per heavy atom. The third-order valence-electron chi connectivity index (χ3n) is 6.89. The number of phenolic OH excluding ortho intramolecular Hbond substituents is 1. The van der Waals surface area contributed by atoms with Crippen molar-refractivity contribution >= 4 is 40.9 Å². The first-order valence-corrected chi connectivity index (χ1v) is 12.6. The van der Waals surface area contributed by atoms with Crippen molar-refractivity contribution in [3.05, 3.63) is 89.0 Å². The molecular weight excluding hydrogens is 482 g/mol. The third kappa shape index (κ3) is 5.25. The topological polar surface area (TPSA) is 99.2 Å². The van der Waals surface area contributed by atoms with Crippen LogP contribution in [0.1, 0.15) is 39.9 Å². The molecule has 2 amide bonds. The fraction of sp³-hybridized carbons (Fsp3) is 0.233. The molecule has 194 valence electrons. The van der Waals surface area contributed by atoms with Crippen LogP contribution < -0.4 is 10.2 Å². The monoisotopic (exact) mass is 511 g/mol. The van der Waals surface area contributed by atoms with E-state index in [-0.39, 0.29) is 29.7 Å². The largest absolute Gasteiger partial charge is 0.507 e. The van der Waals surface area contributed by atoms with E-state index in [2.05, 4.69) is 5.32 Å². The minimum absolute atomic E-state index is 0.0391. The highest BCUT2D eigenvalue weighted by atomic mass is 16.5. The van der Waals surface area contributed by atoms with E-state index in [0.29, 0.717) is 25.1 Å². The second-order valence-electron chi connectivity index (χ2n) is 9.37. The van der Waals surface area contributed by atoms with Gasteiger partial charge in [0.05, 0.1) is 12.7 Å². The first-order valence-electron chi connectivity index (χ1n) is 12.6. The van der Waals surface area contributed by atoms with Crippen LogP contribution in [0.5, 0.6) is 5.75 Å². The van der Waals surface area contributed by atoms with E-state index in [9.17, 15) is 19.5 Å². The van der Waals surface area contributed by atoms with Crippen molar-refractivity contribution in [1.82, 2.24) is 4.90 Å². The van der Waals surface area contributed by atoms with Crippen LogP contribution in [0.4, 0.5) is 11.4 Å². The number of nitrogens with zero attached hydrogens (tertiary/aromatic N) is 2. The molecule has 0 spiro atoms. The summed E-state index contributed by atoms with van der Waals surface area (Å²) in [4.78, 5) is 40.1. The van der Waals surface area contributed by atoms with E-state index in [1.54, 1.807) is 21.9 Å². The molecule has 3 aromatic carbocycles. The number of nitrogens with one attached hydrogen (secondary N) is 1. The van der Waals surface area contributed by atoms with Crippen molar-refractivity contribution in [3.8, 4) is 5.75 Å². The molecule has 8 nitrogen and oxygen atoms in total. The molecule has 5 rings (SSSR count). The lowest BCUT2D eigenvalue weighted by atomic mass is 10.0. The maximum Gasteiger partial charge on any atom is 0.337 e. The number of phenols is 1. The molecule has 8 heteroatoms. The highest BCUT2D eigenvalue weighted by Crippen LogP contribution is 2.33.